The van der Waals surface area contributed by atoms with Gasteiger partial charge < -0.3 is 4.74 Å². The van der Waals surface area contributed by atoms with Gasteiger partial charge in [-0.25, -0.2) is 9.18 Å². The highest BCUT2D eigenvalue weighted by molar-refractivity contribution is 5.88. The number of nitrogens with one attached hydrogen (secondary N) is 2. The van der Waals surface area contributed by atoms with Crippen LogP contribution in [0.3, 0.4) is 0 Å². The van der Waals surface area contributed by atoms with Gasteiger partial charge >= 0.3 is 5.97 Å². The molecular weight excluding hydrogens is 213 g/mol. The van der Waals surface area contributed by atoms with Crippen molar-refractivity contribution in [2.24, 2.45) is 0 Å². The molecule has 0 aromatic carbocycles. The smallest absolute Gasteiger partial charge is 0.339 e. The van der Waals surface area contributed by atoms with E-state index in [1.807, 2.05) is 0 Å². The van der Waals surface area contributed by atoms with Crippen molar-refractivity contribution in [1.82, 2.24) is 15.8 Å². The van der Waals surface area contributed by atoms with Gasteiger partial charge in [0.25, 0.3) is 0 Å². The van der Waals surface area contributed by atoms with Gasteiger partial charge in [-0.1, -0.05) is 0 Å². The number of halogens is 1. The number of hydrazine groups is 1. The molecule has 1 aliphatic rings. The van der Waals surface area contributed by atoms with Gasteiger partial charge in [-0.3, -0.25) is 15.8 Å². The highest BCUT2D eigenvalue weighted by atomic mass is 19.1. The minimum absolute atomic E-state index is 0.116. The van der Waals surface area contributed by atoms with Crippen LogP contribution < -0.4 is 10.9 Å². The highest BCUT2D eigenvalue weighted by Gasteiger charge is 2.16. The van der Waals surface area contributed by atoms with Crippen molar-refractivity contribution in [3.63, 3.8) is 0 Å². The van der Waals surface area contributed by atoms with Crippen molar-refractivity contribution in [1.29, 1.82) is 0 Å². The average Bonchev–Trinajstić information content (AvgIpc) is 2.78. The SMILES string of the molecule is O=C(OCC1CCNN1)c1cncc(F)c1. The van der Waals surface area contributed by atoms with E-state index >= 15 is 0 Å². The van der Waals surface area contributed by atoms with Gasteiger partial charge in [-0.05, 0) is 12.5 Å². The first-order valence-electron chi connectivity index (χ1n) is 5.02. The van der Waals surface area contributed by atoms with Gasteiger partial charge in [0.15, 0.2) is 0 Å². The number of aromatic nitrogens is 1. The minimum Gasteiger partial charge on any atom is -0.460 e. The van der Waals surface area contributed by atoms with Crippen LogP contribution in [0.1, 0.15) is 16.8 Å². The lowest BCUT2D eigenvalue weighted by Crippen LogP contribution is -2.33. The summed E-state index contributed by atoms with van der Waals surface area (Å²) in [6, 6.07) is 1.22. The maximum Gasteiger partial charge on any atom is 0.339 e. The molecule has 5 nitrogen and oxygen atoms in total. The monoisotopic (exact) mass is 225 g/mol. The summed E-state index contributed by atoms with van der Waals surface area (Å²) in [5.74, 6) is -1.10. The second-order valence-electron chi connectivity index (χ2n) is 3.55. The van der Waals surface area contributed by atoms with E-state index < -0.39 is 11.8 Å². The molecule has 1 aliphatic heterocycles. The predicted molar refractivity (Wildman–Crippen MR) is 54.0 cm³/mol. The molecule has 2 heterocycles. The van der Waals surface area contributed by atoms with Crippen LogP contribution in [0.5, 0.6) is 0 Å². The quantitative estimate of drug-likeness (QED) is 0.722. The molecular formula is C10H12FN3O2. The molecule has 16 heavy (non-hydrogen) atoms. The number of rotatable bonds is 3. The molecule has 1 aromatic heterocycles. The summed E-state index contributed by atoms with van der Waals surface area (Å²) in [5, 5.41) is 0. The number of ether oxygens (including phenoxy) is 1. The summed E-state index contributed by atoms with van der Waals surface area (Å²) < 4.78 is 17.8. The normalized spacial score (nSPS) is 19.7. The maximum absolute atomic E-state index is 12.8. The standard InChI is InChI=1S/C10H12FN3O2/c11-8-3-7(4-12-5-8)10(15)16-6-9-1-2-13-14-9/h3-5,9,13-14H,1-2,6H2. The summed E-state index contributed by atoms with van der Waals surface area (Å²) >= 11 is 0. The van der Waals surface area contributed by atoms with Gasteiger partial charge in [0.05, 0.1) is 17.8 Å². The third-order valence-corrected chi connectivity index (χ3v) is 2.28. The Morgan fingerprint density at radius 3 is 3.19 bits per heavy atom. The van der Waals surface area contributed by atoms with Crippen LogP contribution in [0.2, 0.25) is 0 Å². The van der Waals surface area contributed by atoms with Crippen molar-refractivity contribution in [3.05, 3.63) is 29.8 Å². The first-order valence-corrected chi connectivity index (χ1v) is 5.02. The lowest BCUT2D eigenvalue weighted by atomic mass is 10.2. The van der Waals surface area contributed by atoms with Gasteiger partial charge in [0.1, 0.15) is 12.4 Å². The number of carbonyl (C=O) groups excluding carboxylic acids is 1. The molecule has 86 valence electrons. The number of carbonyl (C=O) groups is 1. The van der Waals surface area contributed by atoms with Crippen molar-refractivity contribution < 1.29 is 13.9 Å². The summed E-state index contributed by atoms with van der Waals surface area (Å²) in [5.41, 5.74) is 6.02. The van der Waals surface area contributed by atoms with Gasteiger partial charge in [0.2, 0.25) is 0 Å². The van der Waals surface area contributed by atoms with E-state index in [-0.39, 0.29) is 18.2 Å². The minimum atomic E-state index is -0.555. The Labute approximate surface area is 92.0 Å². The van der Waals surface area contributed by atoms with Gasteiger partial charge in [-0.15, -0.1) is 0 Å². The van der Waals surface area contributed by atoms with Crippen molar-refractivity contribution in [3.8, 4) is 0 Å². The largest absolute Gasteiger partial charge is 0.460 e. The van der Waals surface area contributed by atoms with E-state index in [2.05, 4.69) is 15.8 Å². The third kappa shape index (κ3) is 2.74. The molecule has 0 radical (unpaired) electrons. The van der Waals surface area contributed by atoms with Crippen LogP contribution in [-0.4, -0.2) is 30.1 Å². The Morgan fingerprint density at radius 2 is 2.50 bits per heavy atom. The number of pyridine rings is 1. The Kier molecular flexibility index (Phi) is 3.43. The van der Waals surface area contributed by atoms with E-state index in [4.69, 9.17) is 4.74 Å². The Hall–Kier alpha value is -1.53. The van der Waals surface area contributed by atoms with Crippen LogP contribution in [0.25, 0.3) is 0 Å². The zero-order valence-electron chi connectivity index (χ0n) is 8.57. The van der Waals surface area contributed by atoms with E-state index in [9.17, 15) is 9.18 Å². The first kappa shape index (κ1) is 11.0. The summed E-state index contributed by atoms with van der Waals surface area (Å²) in [6.07, 6.45) is 3.22. The van der Waals surface area contributed by atoms with E-state index in [0.717, 1.165) is 25.2 Å². The fraction of sp³-hybridized carbons (Fsp3) is 0.400. The van der Waals surface area contributed by atoms with E-state index in [1.54, 1.807) is 0 Å². The molecule has 1 atom stereocenters. The molecule has 0 amide bonds. The molecule has 2 N–H and O–H groups in total. The number of esters is 1. The number of hydrogen-bond acceptors (Lipinski definition) is 5. The van der Waals surface area contributed by atoms with Crippen LogP contribution in [0.15, 0.2) is 18.5 Å². The van der Waals surface area contributed by atoms with Crippen LogP contribution in [0, 0.1) is 5.82 Å². The fourth-order valence-corrected chi connectivity index (χ4v) is 1.44. The summed E-state index contributed by atoms with van der Waals surface area (Å²) in [6.45, 7) is 1.12. The topological polar surface area (TPSA) is 63.2 Å². The highest BCUT2D eigenvalue weighted by Crippen LogP contribution is 2.04. The van der Waals surface area contributed by atoms with Crippen molar-refractivity contribution in [2.45, 2.75) is 12.5 Å². The zero-order chi connectivity index (χ0) is 11.4. The first-order chi connectivity index (χ1) is 7.75. The Bertz CT molecular complexity index is 380. The number of hydrogen-bond donors (Lipinski definition) is 2. The van der Waals surface area contributed by atoms with Crippen LogP contribution in [-0.2, 0) is 4.74 Å². The molecule has 0 spiro atoms. The molecule has 0 bridgehead atoms. The molecule has 2 rings (SSSR count). The summed E-state index contributed by atoms with van der Waals surface area (Å²) in [4.78, 5) is 15.1. The lowest BCUT2D eigenvalue weighted by Gasteiger charge is -2.09. The second kappa shape index (κ2) is 5.00. The molecule has 1 saturated heterocycles. The third-order valence-electron chi connectivity index (χ3n) is 2.28. The molecule has 1 aromatic rings. The Balaban J connectivity index is 1.87. The zero-order valence-corrected chi connectivity index (χ0v) is 8.57. The van der Waals surface area contributed by atoms with Crippen molar-refractivity contribution in [2.75, 3.05) is 13.2 Å². The molecule has 6 heteroatoms. The van der Waals surface area contributed by atoms with Crippen molar-refractivity contribution >= 4 is 5.97 Å². The maximum atomic E-state index is 12.8. The summed E-state index contributed by atoms with van der Waals surface area (Å²) in [7, 11) is 0. The molecule has 1 unspecified atom stereocenters. The molecule has 0 saturated carbocycles. The fourth-order valence-electron chi connectivity index (χ4n) is 1.44. The van der Waals surface area contributed by atoms with Gasteiger partial charge in [-0.2, -0.15) is 0 Å². The lowest BCUT2D eigenvalue weighted by molar-refractivity contribution is 0.0470. The molecule has 1 fully saturated rings. The molecule has 0 aliphatic carbocycles. The predicted octanol–water partition coefficient (Wildman–Crippen LogP) is 0.244. The second-order valence-corrected chi connectivity index (χ2v) is 3.55. The van der Waals surface area contributed by atoms with Gasteiger partial charge in [0, 0.05) is 12.7 Å². The average molecular weight is 225 g/mol. The van der Waals surface area contributed by atoms with E-state index in [0.29, 0.717) is 0 Å². The van der Waals surface area contributed by atoms with Crippen LogP contribution >= 0.6 is 0 Å². The van der Waals surface area contributed by atoms with E-state index in [1.165, 1.54) is 6.20 Å². The van der Waals surface area contributed by atoms with Crippen LogP contribution in [0.4, 0.5) is 4.39 Å². The number of nitrogens with zero attached hydrogens (tertiary/aromatic N) is 1. The Morgan fingerprint density at radius 1 is 1.62 bits per heavy atom.